The van der Waals surface area contributed by atoms with E-state index >= 15 is 0 Å². The van der Waals surface area contributed by atoms with E-state index in [1.54, 1.807) is 6.08 Å². The van der Waals surface area contributed by atoms with Crippen molar-refractivity contribution in [2.24, 2.45) is 0 Å². The van der Waals surface area contributed by atoms with Crippen LogP contribution in [0.1, 0.15) is 18.4 Å². The minimum atomic E-state index is -1.06. The average molecular weight is 363 g/mol. The van der Waals surface area contributed by atoms with Crippen molar-refractivity contribution in [1.82, 2.24) is 4.90 Å². The van der Waals surface area contributed by atoms with Crippen LogP contribution in [0.2, 0.25) is 0 Å². The van der Waals surface area contributed by atoms with Crippen LogP contribution in [0.25, 0.3) is 0 Å². The third-order valence-electron chi connectivity index (χ3n) is 3.99. The molecular weight excluding hydrogens is 346 g/mol. The smallest absolute Gasteiger partial charge is 0.327 e. The lowest BCUT2D eigenvalue weighted by Gasteiger charge is -2.23. The summed E-state index contributed by atoms with van der Waals surface area (Å²) in [6.07, 6.45) is 3.74. The lowest BCUT2D eigenvalue weighted by Crippen LogP contribution is -2.45. The Kier molecular flexibility index (Phi) is 5.33. The number of hydrogen-bond acceptors (Lipinski definition) is 5. The lowest BCUT2D eigenvalue weighted by molar-refractivity contribution is -0.145. The van der Waals surface area contributed by atoms with Crippen molar-refractivity contribution < 1.29 is 19.4 Å². The van der Waals surface area contributed by atoms with Gasteiger partial charge in [0.15, 0.2) is 0 Å². The van der Waals surface area contributed by atoms with Gasteiger partial charge in [-0.3, -0.25) is 9.69 Å². The van der Waals surface area contributed by atoms with Gasteiger partial charge in [0.05, 0.1) is 11.0 Å². The number of benzene rings is 1. The van der Waals surface area contributed by atoms with Crippen LogP contribution in [0.5, 0.6) is 0 Å². The summed E-state index contributed by atoms with van der Waals surface area (Å²) >= 11 is 6.42. The first kappa shape index (κ1) is 17.1. The Morgan fingerprint density at radius 2 is 2.21 bits per heavy atom. The fraction of sp³-hybridized carbons (Fsp3) is 0.353. The first-order chi connectivity index (χ1) is 11.6. The molecule has 1 amide bonds. The summed E-state index contributed by atoms with van der Waals surface area (Å²) < 4.78 is 5.80. The van der Waals surface area contributed by atoms with Crippen LogP contribution in [0.3, 0.4) is 0 Å². The molecule has 0 aliphatic carbocycles. The highest BCUT2D eigenvalue weighted by Gasteiger charge is 2.40. The maximum absolute atomic E-state index is 12.7. The Morgan fingerprint density at radius 3 is 2.83 bits per heavy atom. The summed E-state index contributed by atoms with van der Waals surface area (Å²) in [7, 11) is 0. The van der Waals surface area contributed by atoms with Crippen molar-refractivity contribution in [3.63, 3.8) is 0 Å². The van der Waals surface area contributed by atoms with Gasteiger partial charge in [0.25, 0.3) is 5.91 Å². The number of nitrogens with zero attached hydrogens (tertiary/aromatic N) is 1. The van der Waals surface area contributed by atoms with Gasteiger partial charge < -0.3 is 9.84 Å². The van der Waals surface area contributed by atoms with E-state index in [0.717, 1.165) is 30.2 Å². The predicted molar refractivity (Wildman–Crippen MR) is 95.7 cm³/mol. The summed E-state index contributed by atoms with van der Waals surface area (Å²) in [5.41, 5.74) is 0.849. The molecular formula is C17H17NO4S2. The number of carbonyl (C=O) groups excluding carboxylic acids is 1. The molecule has 7 heteroatoms. The second-order valence-electron chi connectivity index (χ2n) is 5.67. The number of amides is 1. The van der Waals surface area contributed by atoms with Gasteiger partial charge >= 0.3 is 5.97 Å². The molecule has 1 aromatic rings. The largest absolute Gasteiger partial charge is 0.480 e. The third kappa shape index (κ3) is 3.68. The normalized spacial score (nSPS) is 23.9. The van der Waals surface area contributed by atoms with Crippen molar-refractivity contribution in [1.29, 1.82) is 0 Å². The molecule has 0 saturated carbocycles. The van der Waals surface area contributed by atoms with Gasteiger partial charge in [-0.05, 0) is 24.5 Å². The molecule has 3 rings (SSSR count). The van der Waals surface area contributed by atoms with Gasteiger partial charge in [0.1, 0.15) is 10.4 Å². The SMILES string of the molecule is O=C(O)C(Cc1ccccc1)N1C(=O)/C(=C\C2CCCO2)SC1=S. The van der Waals surface area contributed by atoms with Gasteiger partial charge in [-0.25, -0.2) is 4.79 Å². The standard InChI is InChI=1S/C17H17NO4S2/c19-15-14(10-12-7-4-8-22-12)24-17(23)18(15)13(16(20)21)9-11-5-2-1-3-6-11/h1-3,5-6,10,12-13H,4,7-9H2,(H,20,21)/b14-10+. The Labute approximate surface area is 149 Å². The molecule has 1 N–H and O–H groups in total. The molecule has 2 saturated heterocycles. The van der Waals surface area contributed by atoms with Gasteiger partial charge in [-0.2, -0.15) is 0 Å². The van der Waals surface area contributed by atoms with Gasteiger partial charge in [0.2, 0.25) is 0 Å². The van der Waals surface area contributed by atoms with Crippen LogP contribution in [0, 0.1) is 0 Å². The third-order valence-corrected chi connectivity index (χ3v) is 5.34. The number of carboxylic acids is 1. The first-order valence-electron chi connectivity index (χ1n) is 7.72. The van der Waals surface area contributed by atoms with Crippen LogP contribution < -0.4 is 0 Å². The highest BCUT2D eigenvalue weighted by molar-refractivity contribution is 8.26. The highest BCUT2D eigenvalue weighted by atomic mass is 32.2. The molecule has 1 aromatic carbocycles. The molecule has 2 unspecified atom stereocenters. The topological polar surface area (TPSA) is 66.8 Å². The zero-order valence-electron chi connectivity index (χ0n) is 12.9. The maximum atomic E-state index is 12.7. The monoisotopic (exact) mass is 363 g/mol. The Hall–Kier alpha value is -1.70. The molecule has 0 radical (unpaired) electrons. The summed E-state index contributed by atoms with van der Waals surface area (Å²) in [5.74, 6) is -1.41. The van der Waals surface area contributed by atoms with Crippen LogP contribution in [0.15, 0.2) is 41.3 Å². The van der Waals surface area contributed by atoms with E-state index in [1.807, 2.05) is 30.3 Å². The van der Waals surface area contributed by atoms with Crippen LogP contribution >= 0.6 is 24.0 Å². The summed E-state index contributed by atoms with van der Waals surface area (Å²) in [4.78, 5) is 26.1. The summed E-state index contributed by atoms with van der Waals surface area (Å²) in [6.45, 7) is 0.688. The number of rotatable bonds is 5. The van der Waals surface area contributed by atoms with Crippen molar-refractivity contribution in [2.45, 2.75) is 31.4 Å². The van der Waals surface area contributed by atoms with Crippen LogP contribution in [0.4, 0.5) is 0 Å². The zero-order chi connectivity index (χ0) is 17.1. The van der Waals surface area contributed by atoms with E-state index in [4.69, 9.17) is 17.0 Å². The summed E-state index contributed by atoms with van der Waals surface area (Å²) in [5, 5.41) is 9.59. The molecule has 126 valence electrons. The van der Waals surface area contributed by atoms with E-state index in [0.29, 0.717) is 11.5 Å². The van der Waals surface area contributed by atoms with E-state index in [-0.39, 0.29) is 22.8 Å². The maximum Gasteiger partial charge on any atom is 0.327 e. The molecule has 2 aliphatic heterocycles. The number of carboxylic acid groups (broad SMARTS) is 1. The van der Waals surface area contributed by atoms with Crippen molar-refractivity contribution in [3.8, 4) is 0 Å². The Balaban J connectivity index is 1.81. The van der Waals surface area contributed by atoms with Crippen molar-refractivity contribution >= 4 is 40.2 Å². The van der Waals surface area contributed by atoms with E-state index < -0.39 is 12.0 Å². The second kappa shape index (κ2) is 7.46. The minimum absolute atomic E-state index is 0.0865. The average Bonchev–Trinajstić information content (AvgIpc) is 3.16. The Morgan fingerprint density at radius 1 is 1.46 bits per heavy atom. The number of carbonyl (C=O) groups is 2. The molecule has 0 aromatic heterocycles. The Bertz CT molecular complexity index is 683. The molecule has 2 heterocycles. The number of thiocarbonyl (C=S) groups is 1. The molecule has 0 bridgehead atoms. The number of ether oxygens (including phenoxy) is 1. The zero-order valence-corrected chi connectivity index (χ0v) is 14.5. The molecule has 0 spiro atoms. The minimum Gasteiger partial charge on any atom is -0.480 e. The van der Waals surface area contributed by atoms with Crippen molar-refractivity contribution in [3.05, 3.63) is 46.9 Å². The van der Waals surface area contributed by atoms with Gasteiger partial charge in [-0.1, -0.05) is 54.3 Å². The van der Waals surface area contributed by atoms with Crippen LogP contribution in [-0.4, -0.2) is 45.0 Å². The highest BCUT2D eigenvalue weighted by Crippen LogP contribution is 2.34. The second-order valence-corrected chi connectivity index (χ2v) is 7.35. The number of aliphatic carboxylic acids is 1. The van der Waals surface area contributed by atoms with E-state index in [1.165, 1.54) is 4.90 Å². The number of hydrogen-bond donors (Lipinski definition) is 1. The van der Waals surface area contributed by atoms with Crippen LogP contribution in [-0.2, 0) is 20.7 Å². The lowest BCUT2D eigenvalue weighted by atomic mass is 10.0. The van der Waals surface area contributed by atoms with Gasteiger partial charge in [0, 0.05) is 13.0 Å². The molecule has 5 nitrogen and oxygen atoms in total. The van der Waals surface area contributed by atoms with Gasteiger partial charge in [-0.15, -0.1) is 0 Å². The van der Waals surface area contributed by atoms with E-state index in [9.17, 15) is 14.7 Å². The van der Waals surface area contributed by atoms with Crippen molar-refractivity contribution in [2.75, 3.05) is 6.61 Å². The fourth-order valence-electron chi connectivity index (χ4n) is 2.79. The fourth-order valence-corrected chi connectivity index (χ4v) is 4.17. The molecule has 2 aliphatic rings. The molecule has 24 heavy (non-hydrogen) atoms. The summed E-state index contributed by atoms with van der Waals surface area (Å²) in [6, 6.07) is 8.23. The quantitative estimate of drug-likeness (QED) is 0.641. The molecule has 2 fully saturated rings. The first-order valence-corrected chi connectivity index (χ1v) is 8.94. The van der Waals surface area contributed by atoms with E-state index in [2.05, 4.69) is 0 Å². The molecule has 2 atom stereocenters. The number of thioether (sulfide) groups is 1. The predicted octanol–water partition coefficient (Wildman–Crippen LogP) is 2.61.